The van der Waals surface area contributed by atoms with Crippen LogP contribution < -0.4 is 10.5 Å². The molecule has 5 nitrogen and oxygen atoms in total. The molecule has 25 heavy (non-hydrogen) atoms. The number of hydrogen-bond acceptors (Lipinski definition) is 5. The molecule has 1 saturated heterocycles. The highest BCUT2D eigenvalue weighted by Gasteiger charge is 2.28. The average Bonchev–Trinajstić information content (AvgIpc) is 3.10. The van der Waals surface area contributed by atoms with Crippen molar-refractivity contribution in [3.05, 3.63) is 22.2 Å². The lowest BCUT2D eigenvalue weighted by Gasteiger charge is -2.31. The number of ether oxygens (including phenoxy) is 2. The Morgan fingerprint density at radius 1 is 1.44 bits per heavy atom. The van der Waals surface area contributed by atoms with Gasteiger partial charge in [0.05, 0.1) is 22.9 Å². The molecule has 2 aliphatic rings. The summed E-state index contributed by atoms with van der Waals surface area (Å²) < 4.78 is 10.8. The fraction of sp³-hybridized carbons (Fsp3) is 0.632. The number of nitrogens with zero attached hydrogens (tertiary/aromatic N) is 1. The highest BCUT2D eigenvalue weighted by molar-refractivity contribution is 6.33. The van der Waals surface area contributed by atoms with Gasteiger partial charge in [0.1, 0.15) is 5.75 Å². The zero-order chi connectivity index (χ0) is 17.8. The topological polar surface area (TPSA) is 64.8 Å². The molecule has 0 amide bonds. The molecule has 0 spiro atoms. The summed E-state index contributed by atoms with van der Waals surface area (Å²) >= 11 is 6.21. The van der Waals surface area contributed by atoms with Gasteiger partial charge in [-0.2, -0.15) is 0 Å². The van der Waals surface area contributed by atoms with Crippen LogP contribution in [0.3, 0.4) is 0 Å². The molecule has 6 heteroatoms. The van der Waals surface area contributed by atoms with Crippen LogP contribution in [0.2, 0.25) is 5.02 Å². The zero-order valence-corrected chi connectivity index (χ0v) is 15.6. The Kier molecular flexibility index (Phi) is 6.20. The summed E-state index contributed by atoms with van der Waals surface area (Å²) in [7, 11) is 1.74. The molecule has 0 atom stereocenters. The van der Waals surface area contributed by atoms with Crippen molar-refractivity contribution in [3.8, 4) is 5.75 Å². The van der Waals surface area contributed by atoms with Gasteiger partial charge in [-0.15, -0.1) is 0 Å². The summed E-state index contributed by atoms with van der Waals surface area (Å²) in [4.78, 5) is 15.3. The number of methoxy groups -OCH3 is 1. The highest BCUT2D eigenvalue weighted by Crippen LogP contribution is 2.39. The molecule has 2 heterocycles. The standard InChI is InChI=1S/C19H27ClN2O3/c1-24-9-2-6-22-7-3-13(4-8-22)11-17(23)15-12-16(20)18(21)14-5-10-25-19(14)15/h12-13H,2-11,21H2,1H3. The van der Waals surface area contributed by atoms with Gasteiger partial charge < -0.3 is 20.1 Å². The maximum atomic E-state index is 12.8. The van der Waals surface area contributed by atoms with Gasteiger partial charge in [-0.05, 0) is 44.3 Å². The zero-order valence-electron chi connectivity index (χ0n) is 14.9. The Hall–Kier alpha value is -1.30. The van der Waals surface area contributed by atoms with Crippen molar-refractivity contribution >= 4 is 23.1 Å². The number of likely N-dealkylation sites (tertiary alicyclic amines) is 1. The lowest BCUT2D eigenvalue weighted by Crippen LogP contribution is -2.35. The third-order valence-electron chi connectivity index (χ3n) is 5.28. The summed E-state index contributed by atoms with van der Waals surface area (Å²) in [5.74, 6) is 1.21. The summed E-state index contributed by atoms with van der Waals surface area (Å²) in [5.41, 5.74) is 8.06. The van der Waals surface area contributed by atoms with Crippen molar-refractivity contribution in [2.24, 2.45) is 5.92 Å². The van der Waals surface area contributed by atoms with Crippen LogP contribution in [0.1, 0.15) is 41.6 Å². The van der Waals surface area contributed by atoms with Gasteiger partial charge in [-0.25, -0.2) is 0 Å². The van der Waals surface area contributed by atoms with Crippen LogP contribution in [0, 0.1) is 5.92 Å². The van der Waals surface area contributed by atoms with Crippen LogP contribution >= 0.6 is 11.6 Å². The number of nitrogen functional groups attached to an aromatic ring is 1. The van der Waals surface area contributed by atoms with E-state index in [0.717, 1.165) is 57.5 Å². The minimum absolute atomic E-state index is 0.123. The fourth-order valence-electron chi connectivity index (χ4n) is 3.79. The average molecular weight is 367 g/mol. The van der Waals surface area contributed by atoms with Crippen molar-refractivity contribution in [3.63, 3.8) is 0 Å². The normalized spacial score (nSPS) is 18.2. The molecule has 3 rings (SSSR count). The monoisotopic (exact) mass is 366 g/mol. The lowest BCUT2D eigenvalue weighted by atomic mass is 9.89. The van der Waals surface area contributed by atoms with E-state index in [1.807, 2.05) is 0 Å². The predicted molar refractivity (Wildman–Crippen MR) is 99.7 cm³/mol. The maximum Gasteiger partial charge on any atom is 0.166 e. The van der Waals surface area contributed by atoms with Crippen molar-refractivity contribution in [1.29, 1.82) is 0 Å². The maximum absolute atomic E-state index is 12.8. The van der Waals surface area contributed by atoms with E-state index in [-0.39, 0.29) is 5.78 Å². The molecule has 1 fully saturated rings. The number of hydrogen-bond donors (Lipinski definition) is 1. The van der Waals surface area contributed by atoms with E-state index < -0.39 is 0 Å². The van der Waals surface area contributed by atoms with Crippen molar-refractivity contribution in [2.75, 3.05) is 45.7 Å². The Morgan fingerprint density at radius 2 is 2.20 bits per heavy atom. The Balaban J connectivity index is 1.57. The number of Topliss-reactive ketones (excluding diaryl/α,β-unsaturated/α-hetero) is 1. The van der Waals surface area contributed by atoms with Crippen LogP contribution in [0.4, 0.5) is 5.69 Å². The quantitative estimate of drug-likeness (QED) is 0.456. The minimum Gasteiger partial charge on any atom is -0.492 e. The summed E-state index contributed by atoms with van der Waals surface area (Å²) in [6, 6.07) is 1.68. The summed E-state index contributed by atoms with van der Waals surface area (Å²) in [6.45, 7) is 4.56. The van der Waals surface area contributed by atoms with E-state index in [0.29, 0.717) is 41.0 Å². The molecule has 1 aromatic rings. The number of fused-ring (bicyclic) bond motifs is 1. The Morgan fingerprint density at radius 3 is 2.92 bits per heavy atom. The second-order valence-electron chi connectivity index (χ2n) is 6.98. The number of carbonyl (C=O) groups is 1. The van der Waals surface area contributed by atoms with Gasteiger partial charge in [0.15, 0.2) is 5.78 Å². The first-order valence-electron chi connectivity index (χ1n) is 9.08. The van der Waals surface area contributed by atoms with Crippen LogP contribution in [0.15, 0.2) is 6.07 Å². The molecule has 0 aliphatic carbocycles. The summed E-state index contributed by atoms with van der Waals surface area (Å²) in [6.07, 6.45) is 4.46. The van der Waals surface area contributed by atoms with Gasteiger partial charge in [-0.3, -0.25) is 4.79 Å². The number of anilines is 1. The predicted octanol–water partition coefficient (Wildman–Crippen LogP) is 3.18. The van der Waals surface area contributed by atoms with E-state index in [9.17, 15) is 4.79 Å². The molecule has 138 valence electrons. The molecule has 2 aliphatic heterocycles. The summed E-state index contributed by atoms with van der Waals surface area (Å²) in [5, 5.41) is 0.459. The Bertz CT molecular complexity index is 628. The molecule has 2 N–H and O–H groups in total. The molecular formula is C19H27ClN2O3. The number of halogens is 1. The molecule has 0 unspecified atom stereocenters. The number of rotatable bonds is 7. The van der Waals surface area contributed by atoms with E-state index >= 15 is 0 Å². The lowest BCUT2D eigenvalue weighted by molar-refractivity contribution is 0.0919. The van der Waals surface area contributed by atoms with Crippen LogP contribution in [-0.2, 0) is 11.2 Å². The molecule has 0 bridgehead atoms. The largest absolute Gasteiger partial charge is 0.492 e. The second-order valence-corrected chi connectivity index (χ2v) is 7.39. The number of carbonyl (C=O) groups excluding carboxylic acids is 1. The third-order valence-corrected chi connectivity index (χ3v) is 5.59. The van der Waals surface area contributed by atoms with E-state index in [1.165, 1.54) is 0 Å². The van der Waals surface area contributed by atoms with E-state index in [2.05, 4.69) is 4.90 Å². The Labute approximate surface area is 154 Å². The van der Waals surface area contributed by atoms with E-state index in [4.69, 9.17) is 26.8 Å². The number of nitrogens with two attached hydrogens (primary N) is 1. The number of ketones is 1. The van der Waals surface area contributed by atoms with Crippen LogP contribution in [0.25, 0.3) is 0 Å². The van der Waals surface area contributed by atoms with Gasteiger partial charge in [0.2, 0.25) is 0 Å². The molecule has 0 radical (unpaired) electrons. The highest BCUT2D eigenvalue weighted by atomic mass is 35.5. The molecular weight excluding hydrogens is 340 g/mol. The number of piperidine rings is 1. The second kappa shape index (κ2) is 8.39. The first-order chi connectivity index (χ1) is 12.1. The smallest absolute Gasteiger partial charge is 0.166 e. The van der Waals surface area contributed by atoms with Gasteiger partial charge in [0.25, 0.3) is 0 Å². The van der Waals surface area contributed by atoms with Crippen molar-refractivity contribution < 1.29 is 14.3 Å². The minimum atomic E-state index is 0.123. The molecule has 0 aromatic heterocycles. The molecule has 1 aromatic carbocycles. The first kappa shape index (κ1) is 18.5. The fourth-order valence-corrected chi connectivity index (χ4v) is 4.02. The molecule has 0 saturated carbocycles. The SMILES string of the molecule is COCCCN1CCC(CC(=O)c2cc(Cl)c(N)c3c2OCC3)CC1. The van der Waals surface area contributed by atoms with E-state index in [1.54, 1.807) is 13.2 Å². The first-order valence-corrected chi connectivity index (χ1v) is 9.46. The van der Waals surface area contributed by atoms with Crippen molar-refractivity contribution in [2.45, 2.75) is 32.1 Å². The third kappa shape index (κ3) is 4.27. The van der Waals surface area contributed by atoms with Gasteiger partial charge >= 0.3 is 0 Å². The van der Waals surface area contributed by atoms with Gasteiger partial charge in [0, 0.05) is 38.7 Å². The van der Waals surface area contributed by atoms with Crippen molar-refractivity contribution in [1.82, 2.24) is 4.90 Å². The van der Waals surface area contributed by atoms with Crippen LogP contribution in [0.5, 0.6) is 5.75 Å². The van der Waals surface area contributed by atoms with Gasteiger partial charge in [-0.1, -0.05) is 11.6 Å². The van der Waals surface area contributed by atoms with Crippen LogP contribution in [-0.4, -0.2) is 50.6 Å². The number of benzene rings is 1.